The Labute approximate surface area is 114 Å². The molecule has 0 heterocycles. The van der Waals surface area contributed by atoms with Crippen molar-refractivity contribution in [3.63, 3.8) is 0 Å². The summed E-state index contributed by atoms with van der Waals surface area (Å²) in [6, 6.07) is 19.8. The molecule has 0 saturated carbocycles. The van der Waals surface area contributed by atoms with Crippen molar-refractivity contribution in [2.75, 3.05) is 0 Å². The summed E-state index contributed by atoms with van der Waals surface area (Å²) < 4.78 is 5.42. The van der Waals surface area contributed by atoms with Gasteiger partial charge in [0.1, 0.15) is 6.10 Å². The molecule has 0 aliphatic rings. The average molecular weight is 254 g/mol. The van der Waals surface area contributed by atoms with E-state index in [1.165, 1.54) is 0 Å². The third kappa shape index (κ3) is 4.25. The maximum absolute atomic E-state index is 11.8. The Bertz CT molecular complexity index is 505. The van der Waals surface area contributed by atoms with Gasteiger partial charge in [0.15, 0.2) is 0 Å². The topological polar surface area (TPSA) is 26.3 Å². The summed E-state index contributed by atoms with van der Waals surface area (Å²) in [5.41, 5.74) is 2.18. The van der Waals surface area contributed by atoms with E-state index in [9.17, 15) is 4.79 Å². The molecule has 0 fully saturated rings. The molecule has 0 unspecified atom stereocenters. The van der Waals surface area contributed by atoms with Crippen molar-refractivity contribution in [2.45, 2.75) is 25.9 Å². The zero-order chi connectivity index (χ0) is 13.5. The number of benzene rings is 2. The highest BCUT2D eigenvalue weighted by atomic mass is 16.5. The van der Waals surface area contributed by atoms with Crippen LogP contribution in [0.2, 0.25) is 0 Å². The third-order valence-corrected chi connectivity index (χ3v) is 3.04. The first kappa shape index (κ1) is 13.3. The molecule has 0 amide bonds. The van der Waals surface area contributed by atoms with E-state index in [4.69, 9.17) is 4.74 Å². The largest absolute Gasteiger partial charge is 0.458 e. The van der Waals surface area contributed by atoms with Crippen LogP contribution in [0.5, 0.6) is 0 Å². The smallest absolute Gasteiger partial charge is 0.306 e. The Morgan fingerprint density at radius 1 is 1.00 bits per heavy atom. The van der Waals surface area contributed by atoms with E-state index < -0.39 is 0 Å². The molecule has 2 nitrogen and oxygen atoms in total. The minimum absolute atomic E-state index is 0.153. The van der Waals surface area contributed by atoms with Crippen molar-refractivity contribution < 1.29 is 9.53 Å². The number of rotatable bonds is 5. The van der Waals surface area contributed by atoms with Gasteiger partial charge in [0.2, 0.25) is 0 Å². The molecule has 98 valence electrons. The molecule has 2 aromatic carbocycles. The number of esters is 1. The molecule has 0 N–H and O–H groups in total. The van der Waals surface area contributed by atoms with Crippen molar-refractivity contribution in [1.29, 1.82) is 0 Å². The van der Waals surface area contributed by atoms with Crippen LogP contribution in [0, 0.1) is 0 Å². The molecule has 0 radical (unpaired) electrons. The zero-order valence-electron chi connectivity index (χ0n) is 11.1. The second kappa shape index (κ2) is 6.74. The lowest BCUT2D eigenvalue weighted by Crippen LogP contribution is -2.09. The maximum atomic E-state index is 11.8. The van der Waals surface area contributed by atoms with Crippen molar-refractivity contribution >= 4 is 5.97 Å². The second-order valence-electron chi connectivity index (χ2n) is 4.53. The van der Waals surface area contributed by atoms with E-state index in [0.29, 0.717) is 6.42 Å². The van der Waals surface area contributed by atoms with Gasteiger partial charge in [0.05, 0.1) is 0 Å². The fourth-order valence-electron chi connectivity index (χ4n) is 1.94. The summed E-state index contributed by atoms with van der Waals surface area (Å²) in [6.45, 7) is 1.90. The van der Waals surface area contributed by atoms with Crippen LogP contribution in [-0.4, -0.2) is 5.97 Å². The van der Waals surface area contributed by atoms with Crippen molar-refractivity contribution in [3.8, 4) is 0 Å². The lowest BCUT2D eigenvalue weighted by molar-refractivity contribution is -0.148. The first-order valence-electron chi connectivity index (χ1n) is 6.54. The van der Waals surface area contributed by atoms with Crippen LogP contribution in [0.3, 0.4) is 0 Å². The van der Waals surface area contributed by atoms with E-state index in [-0.39, 0.29) is 12.1 Å². The van der Waals surface area contributed by atoms with Crippen molar-refractivity contribution in [2.24, 2.45) is 0 Å². The molecule has 1 atom stereocenters. The van der Waals surface area contributed by atoms with E-state index in [0.717, 1.165) is 17.5 Å². The number of hydrogen-bond donors (Lipinski definition) is 0. The summed E-state index contributed by atoms with van der Waals surface area (Å²) in [5.74, 6) is -0.153. The Balaban J connectivity index is 1.82. The van der Waals surface area contributed by atoms with Crippen LogP contribution < -0.4 is 0 Å². The summed E-state index contributed by atoms with van der Waals surface area (Å²) in [7, 11) is 0. The van der Waals surface area contributed by atoms with Crippen molar-refractivity contribution in [3.05, 3.63) is 71.8 Å². The van der Waals surface area contributed by atoms with Gasteiger partial charge in [-0.15, -0.1) is 0 Å². The van der Waals surface area contributed by atoms with Crippen LogP contribution >= 0.6 is 0 Å². The van der Waals surface area contributed by atoms with Gasteiger partial charge >= 0.3 is 5.97 Å². The van der Waals surface area contributed by atoms with Gasteiger partial charge in [-0.3, -0.25) is 4.79 Å². The Kier molecular flexibility index (Phi) is 4.73. The summed E-state index contributed by atoms with van der Waals surface area (Å²) in [5, 5.41) is 0. The van der Waals surface area contributed by atoms with Gasteiger partial charge in [-0.2, -0.15) is 0 Å². The molecule has 2 heteroatoms. The van der Waals surface area contributed by atoms with Gasteiger partial charge in [-0.25, -0.2) is 0 Å². The predicted octanol–water partition coefficient (Wildman–Crippen LogP) is 3.92. The van der Waals surface area contributed by atoms with Gasteiger partial charge in [-0.1, -0.05) is 60.7 Å². The normalized spacial score (nSPS) is 11.8. The summed E-state index contributed by atoms with van der Waals surface area (Å²) >= 11 is 0. The van der Waals surface area contributed by atoms with E-state index in [2.05, 4.69) is 0 Å². The van der Waals surface area contributed by atoms with Gasteiger partial charge in [0, 0.05) is 6.42 Å². The van der Waals surface area contributed by atoms with Crippen LogP contribution in [0.4, 0.5) is 0 Å². The number of ether oxygens (including phenoxy) is 1. The highest BCUT2D eigenvalue weighted by molar-refractivity contribution is 5.70. The molecule has 2 aromatic rings. The number of aryl methyl sites for hydroxylation is 1. The molecular formula is C17H18O2. The van der Waals surface area contributed by atoms with Gasteiger partial charge in [0.25, 0.3) is 0 Å². The standard InChI is InChI=1S/C17H18O2/c1-14(16-10-6-3-7-11-16)19-17(18)13-12-15-8-4-2-5-9-15/h2-11,14H,12-13H2,1H3/t14-/m1/s1. The summed E-state index contributed by atoms with van der Waals surface area (Å²) in [6.07, 6.45) is 0.951. The van der Waals surface area contributed by atoms with Crippen LogP contribution in [0.1, 0.15) is 30.6 Å². The van der Waals surface area contributed by atoms with E-state index in [1.807, 2.05) is 67.6 Å². The van der Waals surface area contributed by atoms with E-state index in [1.54, 1.807) is 0 Å². The molecule has 0 saturated heterocycles. The number of carbonyl (C=O) groups excluding carboxylic acids is 1. The minimum atomic E-state index is -0.190. The first-order chi connectivity index (χ1) is 9.25. The summed E-state index contributed by atoms with van der Waals surface area (Å²) in [4.78, 5) is 11.8. The van der Waals surface area contributed by atoms with Crippen molar-refractivity contribution in [1.82, 2.24) is 0 Å². The first-order valence-corrected chi connectivity index (χ1v) is 6.54. The molecule has 0 aliphatic heterocycles. The van der Waals surface area contributed by atoms with Crippen LogP contribution in [0.25, 0.3) is 0 Å². The number of carbonyl (C=O) groups is 1. The quantitative estimate of drug-likeness (QED) is 0.756. The lowest BCUT2D eigenvalue weighted by atomic mass is 10.1. The minimum Gasteiger partial charge on any atom is -0.458 e. The molecule has 0 bridgehead atoms. The molecule has 0 aromatic heterocycles. The van der Waals surface area contributed by atoms with Gasteiger partial charge in [-0.05, 0) is 24.5 Å². The molecule has 0 aliphatic carbocycles. The Morgan fingerprint density at radius 3 is 2.21 bits per heavy atom. The monoisotopic (exact) mass is 254 g/mol. The zero-order valence-corrected chi connectivity index (χ0v) is 11.1. The Morgan fingerprint density at radius 2 is 1.58 bits per heavy atom. The van der Waals surface area contributed by atoms with E-state index >= 15 is 0 Å². The van der Waals surface area contributed by atoms with Crippen LogP contribution in [-0.2, 0) is 16.0 Å². The molecular weight excluding hydrogens is 236 g/mol. The van der Waals surface area contributed by atoms with Gasteiger partial charge < -0.3 is 4.74 Å². The average Bonchev–Trinajstić information content (AvgIpc) is 2.47. The highest BCUT2D eigenvalue weighted by Gasteiger charge is 2.11. The maximum Gasteiger partial charge on any atom is 0.306 e. The number of hydrogen-bond acceptors (Lipinski definition) is 2. The predicted molar refractivity (Wildman–Crippen MR) is 75.7 cm³/mol. The molecule has 0 spiro atoms. The Hall–Kier alpha value is -2.09. The second-order valence-corrected chi connectivity index (χ2v) is 4.53. The molecule has 2 rings (SSSR count). The fraction of sp³-hybridized carbons (Fsp3) is 0.235. The highest BCUT2D eigenvalue weighted by Crippen LogP contribution is 2.17. The third-order valence-electron chi connectivity index (χ3n) is 3.04. The lowest BCUT2D eigenvalue weighted by Gasteiger charge is -2.13. The molecule has 19 heavy (non-hydrogen) atoms. The fourth-order valence-corrected chi connectivity index (χ4v) is 1.94. The SMILES string of the molecule is C[C@@H](OC(=O)CCc1ccccc1)c1ccccc1. The van der Waals surface area contributed by atoms with Crippen LogP contribution in [0.15, 0.2) is 60.7 Å².